The first-order chi connectivity index (χ1) is 8.97. The number of anilines is 1. The quantitative estimate of drug-likeness (QED) is 0.755. The van der Waals surface area contributed by atoms with Crippen molar-refractivity contribution in [2.24, 2.45) is 0 Å². The number of hydrogen-bond acceptors (Lipinski definition) is 4. The lowest BCUT2D eigenvalue weighted by molar-refractivity contribution is -0.117. The molecule has 0 aliphatic carbocycles. The molecule has 6 heteroatoms. The van der Waals surface area contributed by atoms with E-state index in [2.05, 4.69) is 5.32 Å². The molecular weight excluding hydrogens is 266 g/mol. The van der Waals surface area contributed by atoms with E-state index >= 15 is 0 Å². The van der Waals surface area contributed by atoms with Crippen molar-refractivity contribution in [3.05, 3.63) is 16.0 Å². The van der Waals surface area contributed by atoms with Crippen molar-refractivity contribution in [1.29, 1.82) is 0 Å². The molecule has 1 rings (SSSR count). The van der Waals surface area contributed by atoms with E-state index in [-0.39, 0.29) is 17.9 Å². The van der Waals surface area contributed by atoms with Crippen molar-refractivity contribution in [3.8, 4) is 0 Å². The Balaban J connectivity index is 2.64. The molecule has 2 N–H and O–H groups in total. The van der Waals surface area contributed by atoms with E-state index in [1.807, 2.05) is 13.8 Å². The van der Waals surface area contributed by atoms with Gasteiger partial charge in [-0.2, -0.15) is 0 Å². The molecule has 1 aromatic rings. The number of aromatic carboxylic acids is 1. The van der Waals surface area contributed by atoms with Crippen LogP contribution in [0.4, 0.5) is 5.00 Å². The standard InChI is InChI=1S/C13H19NO4S/c1-4-6-18-7-5-10(15)14-12-11(13(16)17)8(2)9(3)19-12/h4-7H2,1-3H3,(H,14,15)(H,16,17). The molecule has 0 saturated carbocycles. The van der Waals surface area contributed by atoms with E-state index < -0.39 is 5.97 Å². The van der Waals surface area contributed by atoms with Crippen LogP contribution in [0.5, 0.6) is 0 Å². The molecule has 106 valence electrons. The average molecular weight is 285 g/mol. The van der Waals surface area contributed by atoms with Crippen LogP contribution in [0.15, 0.2) is 0 Å². The van der Waals surface area contributed by atoms with Gasteiger partial charge in [-0.25, -0.2) is 4.79 Å². The molecule has 1 heterocycles. The Labute approximate surface area is 116 Å². The molecular formula is C13H19NO4S. The first-order valence-electron chi connectivity index (χ1n) is 6.18. The summed E-state index contributed by atoms with van der Waals surface area (Å²) in [4.78, 5) is 23.8. The molecule has 0 spiro atoms. The highest BCUT2D eigenvalue weighted by Gasteiger charge is 2.20. The predicted octanol–water partition coefficient (Wildman–Crippen LogP) is 2.82. The zero-order chi connectivity index (χ0) is 14.4. The van der Waals surface area contributed by atoms with Crippen molar-refractivity contribution < 1.29 is 19.4 Å². The van der Waals surface area contributed by atoms with Crippen molar-refractivity contribution in [2.45, 2.75) is 33.6 Å². The number of hydrogen-bond donors (Lipinski definition) is 2. The van der Waals surface area contributed by atoms with Crippen LogP contribution in [0.25, 0.3) is 0 Å². The number of carbonyl (C=O) groups is 2. The second-order valence-corrected chi connectivity index (χ2v) is 5.43. The van der Waals surface area contributed by atoms with Crippen LogP contribution in [0.2, 0.25) is 0 Å². The normalized spacial score (nSPS) is 10.5. The van der Waals surface area contributed by atoms with Crippen molar-refractivity contribution in [3.63, 3.8) is 0 Å². The average Bonchev–Trinajstić information content (AvgIpc) is 2.60. The maximum atomic E-state index is 11.7. The number of thiophene rings is 1. The lowest BCUT2D eigenvalue weighted by Crippen LogP contribution is -2.15. The minimum Gasteiger partial charge on any atom is -0.478 e. The van der Waals surface area contributed by atoms with E-state index in [0.717, 1.165) is 11.3 Å². The van der Waals surface area contributed by atoms with Gasteiger partial charge in [-0.05, 0) is 25.8 Å². The van der Waals surface area contributed by atoms with Crippen LogP contribution in [0, 0.1) is 13.8 Å². The molecule has 0 aromatic carbocycles. The van der Waals surface area contributed by atoms with Crippen molar-refractivity contribution >= 4 is 28.2 Å². The minimum absolute atomic E-state index is 0.185. The highest BCUT2D eigenvalue weighted by molar-refractivity contribution is 7.16. The van der Waals surface area contributed by atoms with Crippen LogP contribution in [0.1, 0.15) is 40.6 Å². The van der Waals surface area contributed by atoms with Gasteiger partial charge in [0.05, 0.1) is 18.6 Å². The van der Waals surface area contributed by atoms with Gasteiger partial charge in [0, 0.05) is 11.5 Å². The van der Waals surface area contributed by atoms with Gasteiger partial charge in [-0.3, -0.25) is 4.79 Å². The van der Waals surface area contributed by atoms with Crippen LogP contribution < -0.4 is 5.32 Å². The number of carboxylic acids is 1. The smallest absolute Gasteiger partial charge is 0.338 e. The van der Waals surface area contributed by atoms with Crippen LogP contribution in [-0.2, 0) is 9.53 Å². The number of carboxylic acid groups (broad SMARTS) is 1. The van der Waals surface area contributed by atoms with Crippen molar-refractivity contribution in [2.75, 3.05) is 18.5 Å². The van der Waals surface area contributed by atoms with Gasteiger partial charge in [0.1, 0.15) is 5.00 Å². The molecule has 0 radical (unpaired) electrons. The number of ether oxygens (including phenoxy) is 1. The van der Waals surface area contributed by atoms with E-state index in [9.17, 15) is 9.59 Å². The van der Waals surface area contributed by atoms with Gasteiger partial charge in [-0.15, -0.1) is 11.3 Å². The second-order valence-electron chi connectivity index (χ2n) is 4.20. The molecule has 0 unspecified atom stereocenters. The maximum Gasteiger partial charge on any atom is 0.338 e. The van der Waals surface area contributed by atoms with Gasteiger partial charge >= 0.3 is 5.97 Å². The Morgan fingerprint density at radius 2 is 2.00 bits per heavy atom. The molecule has 0 aliphatic heterocycles. The zero-order valence-electron chi connectivity index (χ0n) is 11.4. The van der Waals surface area contributed by atoms with Gasteiger partial charge in [0.25, 0.3) is 0 Å². The summed E-state index contributed by atoms with van der Waals surface area (Å²) in [5.41, 5.74) is 0.889. The first kappa shape index (κ1) is 15.7. The number of aryl methyl sites for hydroxylation is 1. The molecule has 0 bridgehead atoms. The Morgan fingerprint density at radius 1 is 1.32 bits per heavy atom. The summed E-state index contributed by atoms with van der Waals surface area (Å²) in [6.45, 7) is 6.56. The van der Waals surface area contributed by atoms with E-state index in [0.29, 0.717) is 23.8 Å². The highest BCUT2D eigenvalue weighted by Crippen LogP contribution is 2.32. The number of nitrogens with one attached hydrogen (secondary N) is 1. The topological polar surface area (TPSA) is 75.6 Å². The molecule has 0 aliphatic rings. The predicted molar refractivity (Wildman–Crippen MR) is 75.1 cm³/mol. The monoisotopic (exact) mass is 285 g/mol. The van der Waals surface area contributed by atoms with Gasteiger partial charge < -0.3 is 15.2 Å². The van der Waals surface area contributed by atoms with E-state index in [1.165, 1.54) is 11.3 Å². The second kappa shape index (κ2) is 7.25. The molecule has 1 aromatic heterocycles. The number of amides is 1. The third-order valence-corrected chi connectivity index (χ3v) is 3.80. The summed E-state index contributed by atoms with van der Waals surface area (Å²) < 4.78 is 5.22. The third-order valence-electron chi connectivity index (χ3n) is 2.67. The Hall–Kier alpha value is -1.40. The Kier molecular flexibility index (Phi) is 5.98. The Bertz CT molecular complexity index is 467. The first-order valence-corrected chi connectivity index (χ1v) is 6.99. The maximum absolute atomic E-state index is 11.7. The molecule has 0 saturated heterocycles. The number of carbonyl (C=O) groups excluding carboxylic acids is 1. The summed E-state index contributed by atoms with van der Waals surface area (Å²) in [6, 6.07) is 0. The molecule has 5 nitrogen and oxygen atoms in total. The summed E-state index contributed by atoms with van der Waals surface area (Å²) in [5.74, 6) is -1.24. The van der Waals surface area contributed by atoms with Crippen molar-refractivity contribution in [1.82, 2.24) is 0 Å². The summed E-state index contributed by atoms with van der Waals surface area (Å²) in [5, 5.41) is 12.2. The highest BCUT2D eigenvalue weighted by atomic mass is 32.1. The Morgan fingerprint density at radius 3 is 2.58 bits per heavy atom. The SMILES string of the molecule is CCCOCCC(=O)Nc1sc(C)c(C)c1C(=O)O. The summed E-state index contributed by atoms with van der Waals surface area (Å²) in [6.07, 6.45) is 1.14. The molecule has 0 atom stereocenters. The lowest BCUT2D eigenvalue weighted by Gasteiger charge is -2.05. The third kappa shape index (κ3) is 4.33. The molecule has 1 amide bonds. The fourth-order valence-corrected chi connectivity index (χ4v) is 2.64. The van der Waals surface area contributed by atoms with Crippen LogP contribution in [-0.4, -0.2) is 30.2 Å². The molecule has 0 fully saturated rings. The van der Waals surface area contributed by atoms with E-state index in [4.69, 9.17) is 9.84 Å². The van der Waals surface area contributed by atoms with Crippen LogP contribution >= 0.6 is 11.3 Å². The molecule has 19 heavy (non-hydrogen) atoms. The van der Waals surface area contributed by atoms with E-state index in [1.54, 1.807) is 6.92 Å². The lowest BCUT2D eigenvalue weighted by atomic mass is 10.1. The van der Waals surface area contributed by atoms with Gasteiger partial charge in [0.2, 0.25) is 5.91 Å². The minimum atomic E-state index is -1.01. The largest absolute Gasteiger partial charge is 0.478 e. The zero-order valence-corrected chi connectivity index (χ0v) is 12.2. The van der Waals surface area contributed by atoms with Gasteiger partial charge in [0.15, 0.2) is 0 Å². The number of rotatable bonds is 7. The van der Waals surface area contributed by atoms with Gasteiger partial charge in [-0.1, -0.05) is 6.92 Å². The fraction of sp³-hybridized carbons (Fsp3) is 0.538. The van der Waals surface area contributed by atoms with Crippen LogP contribution in [0.3, 0.4) is 0 Å². The summed E-state index contributed by atoms with van der Waals surface area (Å²) >= 11 is 1.29. The fourth-order valence-electron chi connectivity index (χ4n) is 1.57. The summed E-state index contributed by atoms with van der Waals surface area (Å²) in [7, 11) is 0.